The highest BCUT2D eigenvalue weighted by Gasteiger charge is 2.10. The van der Waals surface area contributed by atoms with Crippen LogP contribution in [0.2, 0.25) is 5.02 Å². The van der Waals surface area contributed by atoms with E-state index in [0.717, 1.165) is 33.9 Å². The van der Waals surface area contributed by atoms with Crippen molar-refractivity contribution in [3.63, 3.8) is 0 Å². The summed E-state index contributed by atoms with van der Waals surface area (Å²) in [4.78, 5) is 4.48. The van der Waals surface area contributed by atoms with Crippen LogP contribution in [0.25, 0.3) is 11.0 Å². The number of aryl methyl sites for hydroxylation is 1. The van der Waals surface area contributed by atoms with Crippen molar-refractivity contribution >= 4 is 40.0 Å². The number of rotatable bonds is 4. The van der Waals surface area contributed by atoms with Crippen LogP contribution in [0.5, 0.6) is 5.75 Å². The molecule has 0 aliphatic rings. The number of pyridine rings is 1. The highest BCUT2D eigenvalue weighted by molar-refractivity contribution is 7.00. The molecule has 7 heteroatoms. The summed E-state index contributed by atoms with van der Waals surface area (Å²) in [6, 6.07) is 7.47. The maximum absolute atomic E-state index is 6.25. The van der Waals surface area contributed by atoms with Crippen molar-refractivity contribution in [2.24, 2.45) is 0 Å². The molecule has 0 bridgehead atoms. The van der Waals surface area contributed by atoms with E-state index >= 15 is 0 Å². The normalized spacial score (nSPS) is 10.8. The van der Waals surface area contributed by atoms with Crippen molar-refractivity contribution < 1.29 is 4.74 Å². The van der Waals surface area contributed by atoms with E-state index in [1.807, 2.05) is 31.2 Å². The van der Waals surface area contributed by atoms with Gasteiger partial charge in [-0.3, -0.25) is 4.98 Å². The van der Waals surface area contributed by atoms with Crippen LogP contribution in [0, 0.1) is 6.92 Å². The van der Waals surface area contributed by atoms with E-state index in [1.54, 1.807) is 7.11 Å². The minimum atomic E-state index is 0.536. The van der Waals surface area contributed by atoms with E-state index < -0.39 is 0 Å². The van der Waals surface area contributed by atoms with E-state index in [-0.39, 0.29) is 0 Å². The number of ether oxygens (including phenoxy) is 1. The van der Waals surface area contributed by atoms with Gasteiger partial charge in [0.25, 0.3) is 0 Å². The topological polar surface area (TPSA) is 59.9 Å². The summed E-state index contributed by atoms with van der Waals surface area (Å²) >= 11 is 7.42. The van der Waals surface area contributed by atoms with Gasteiger partial charge in [0.1, 0.15) is 16.8 Å². The summed E-state index contributed by atoms with van der Waals surface area (Å²) in [6.07, 6.45) is 0. The predicted octanol–water partition coefficient (Wildman–Crippen LogP) is 3.67. The van der Waals surface area contributed by atoms with Crippen LogP contribution in [0.15, 0.2) is 24.3 Å². The molecule has 0 saturated carbocycles. The van der Waals surface area contributed by atoms with Gasteiger partial charge in [-0.25, -0.2) is 0 Å². The zero-order valence-corrected chi connectivity index (χ0v) is 13.1. The lowest BCUT2D eigenvalue weighted by Gasteiger charge is -2.10. The fraction of sp³-hybridized carbons (Fsp3) is 0.214. The van der Waals surface area contributed by atoms with Crippen LogP contribution in [0.3, 0.4) is 0 Å². The Morgan fingerprint density at radius 2 is 2.14 bits per heavy atom. The molecule has 2 aromatic heterocycles. The van der Waals surface area contributed by atoms with Crippen molar-refractivity contribution in [2.45, 2.75) is 13.5 Å². The quantitative estimate of drug-likeness (QED) is 0.794. The maximum Gasteiger partial charge on any atom is 0.129 e. The van der Waals surface area contributed by atoms with Gasteiger partial charge in [-0.05, 0) is 19.1 Å². The van der Waals surface area contributed by atoms with Crippen LogP contribution in [0.1, 0.15) is 11.4 Å². The molecule has 0 saturated heterocycles. The second kappa shape index (κ2) is 5.83. The molecule has 0 amide bonds. The van der Waals surface area contributed by atoms with E-state index in [9.17, 15) is 0 Å². The molecule has 0 fully saturated rings. The second-order valence-electron chi connectivity index (χ2n) is 4.55. The molecule has 1 N–H and O–H groups in total. The summed E-state index contributed by atoms with van der Waals surface area (Å²) in [5.74, 6) is 0.791. The first-order valence-corrected chi connectivity index (χ1v) is 7.44. The third-order valence-electron chi connectivity index (χ3n) is 3.04. The SMILES string of the molecule is COc1cc(C)nc(CNc2c(Cl)ccc3nsnc23)c1. The van der Waals surface area contributed by atoms with Gasteiger partial charge in [0.05, 0.1) is 41.8 Å². The Hall–Kier alpha value is -1.92. The Balaban J connectivity index is 1.88. The summed E-state index contributed by atoms with van der Waals surface area (Å²) < 4.78 is 13.7. The van der Waals surface area contributed by atoms with Crippen molar-refractivity contribution in [3.05, 3.63) is 40.7 Å². The molecule has 0 atom stereocenters. The minimum Gasteiger partial charge on any atom is -0.497 e. The van der Waals surface area contributed by atoms with Gasteiger partial charge >= 0.3 is 0 Å². The van der Waals surface area contributed by atoms with Crippen LogP contribution in [-0.4, -0.2) is 20.8 Å². The average molecular weight is 321 g/mol. The Morgan fingerprint density at radius 1 is 1.29 bits per heavy atom. The highest BCUT2D eigenvalue weighted by atomic mass is 35.5. The van der Waals surface area contributed by atoms with Gasteiger partial charge in [-0.15, -0.1) is 0 Å². The number of aromatic nitrogens is 3. The van der Waals surface area contributed by atoms with Crippen molar-refractivity contribution in [2.75, 3.05) is 12.4 Å². The molecule has 21 heavy (non-hydrogen) atoms. The van der Waals surface area contributed by atoms with Gasteiger partial charge in [0.2, 0.25) is 0 Å². The van der Waals surface area contributed by atoms with E-state index in [0.29, 0.717) is 11.6 Å². The zero-order chi connectivity index (χ0) is 14.8. The lowest BCUT2D eigenvalue weighted by atomic mass is 10.2. The average Bonchev–Trinajstić information content (AvgIpc) is 2.94. The number of halogens is 1. The Morgan fingerprint density at radius 3 is 2.95 bits per heavy atom. The molecule has 3 aromatic rings. The van der Waals surface area contributed by atoms with Crippen molar-refractivity contribution in [1.29, 1.82) is 0 Å². The van der Waals surface area contributed by atoms with Gasteiger partial charge in [-0.2, -0.15) is 8.75 Å². The standard InChI is InChI=1S/C14H13ClN4OS/c1-8-5-10(20-2)6-9(17-8)7-16-13-11(15)3-4-12-14(13)19-21-18-12/h3-6,16H,7H2,1-2H3. The molecule has 5 nitrogen and oxygen atoms in total. The molecule has 0 aliphatic carbocycles. The fourth-order valence-electron chi connectivity index (χ4n) is 2.09. The van der Waals surface area contributed by atoms with Crippen LogP contribution in [0.4, 0.5) is 5.69 Å². The van der Waals surface area contributed by atoms with Gasteiger partial charge in [0, 0.05) is 17.8 Å². The smallest absolute Gasteiger partial charge is 0.129 e. The molecular formula is C14H13ClN4OS. The second-order valence-corrected chi connectivity index (χ2v) is 5.48. The number of nitrogens with zero attached hydrogens (tertiary/aromatic N) is 3. The maximum atomic E-state index is 6.25. The van der Waals surface area contributed by atoms with Crippen LogP contribution < -0.4 is 10.1 Å². The Labute approximate surface area is 131 Å². The number of hydrogen-bond acceptors (Lipinski definition) is 6. The molecule has 0 aliphatic heterocycles. The van der Waals surface area contributed by atoms with E-state index in [4.69, 9.17) is 16.3 Å². The summed E-state index contributed by atoms with van der Waals surface area (Å²) in [7, 11) is 1.64. The monoisotopic (exact) mass is 320 g/mol. The minimum absolute atomic E-state index is 0.536. The largest absolute Gasteiger partial charge is 0.497 e. The van der Waals surface area contributed by atoms with E-state index in [2.05, 4.69) is 19.0 Å². The lowest BCUT2D eigenvalue weighted by Crippen LogP contribution is -2.04. The van der Waals surface area contributed by atoms with Crippen molar-refractivity contribution in [1.82, 2.24) is 13.7 Å². The first kappa shape index (κ1) is 14.0. The van der Waals surface area contributed by atoms with E-state index in [1.165, 1.54) is 11.7 Å². The highest BCUT2D eigenvalue weighted by Crippen LogP contribution is 2.30. The summed E-state index contributed by atoms with van der Waals surface area (Å²) in [6.45, 7) is 2.47. The van der Waals surface area contributed by atoms with Crippen LogP contribution in [-0.2, 0) is 6.54 Å². The number of nitrogens with one attached hydrogen (secondary N) is 1. The summed E-state index contributed by atoms with van der Waals surface area (Å²) in [5.41, 5.74) is 4.19. The number of hydrogen-bond donors (Lipinski definition) is 1. The van der Waals surface area contributed by atoms with Gasteiger partial charge in [0.15, 0.2) is 0 Å². The molecule has 3 rings (SSSR count). The third-order valence-corrected chi connectivity index (χ3v) is 3.90. The first-order valence-electron chi connectivity index (χ1n) is 6.33. The Kier molecular flexibility index (Phi) is 3.90. The number of fused-ring (bicyclic) bond motifs is 1. The number of benzene rings is 1. The Bertz CT molecular complexity index is 790. The number of methoxy groups -OCH3 is 1. The fourth-order valence-corrected chi connectivity index (χ4v) is 2.85. The predicted molar refractivity (Wildman–Crippen MR) is 85.3 cm³/mol. The summed E-state index contributed by atoms with van der Waals surface area (Å²) in [5, 5.41) is 3.91. The van der Waals surface area contributed by atoms with Gasteiger partial charge in [-0.1, -0.05) is 11.6 Å². The van der Waals surface area contributed by atoms with Gasteiger partial charge < -0.3 is 10.1 Å². The molecule has 2 heterocycles. The molecular weight excluding hydrogens is 308 g/mol. The molecule has 1 aromatic carbocycles. The number of anilines is 1. The van der Waals surface area contributed by atoms with Crippen molar-refractivity contribution in [3.8, 4) is 5.75 Å². The molecule has 0 unspecified atom stereocenters. The first-order chi connectivity index (χ1) is 10.2. The molecule has 0 spiro atoms. The van der Waals surface area contributed by atoms with Crippen LogP contribution >= 0.6 is 23.3 Å². The third kappa shape index (κ3) is 2.91. The molecule has 108 valence electrons. The lowest BCUT2D eigenvalue weighted by molar-refractivity contribution is 0.413. The zero-order valence-electron chi connectivity index (χ0n) is 11.6. The molecule has 0 radical (unpaired) electrons.